The number of likely N-dealkylation sites (N-methyl/N-ethyl adjacent to an activating group) is 1. The highest BCUT2D eigenvalue weighted by Crippen LogP contribution is 2.32. The van der Waals surface area contributed by atoms with Crippen molar-refractivity contribution >= 4 is 23.2 Å². The fourth-order valence-electron chi connectivity index (χ4n) is 2.40. The molecule has 21 heavy (non-hydrogen) atoms. The molecule has 1 heterocycles. The number of nitrogens with one attached hydrogen (secondary N) is 1. The normalized spacial score (nSPS) is 12.9. The molecule has 1 N–H and O–H groups in total. The van der Waals surface area contributed by atoms with E-state index in [4.69, 9.17) is 23.2 Å². The zero-order chi connectivity index (χ0) is 15.4. The molecule has 2 aromatic rings. The molecule has 114 valence electrons. The summed E-state index contributed by atoms with van der Waals surface area (Å²) in [7, 11) is 0. The van der Waals surface area contributed by atoms with Gasteiger partial charge in [-0.2, -0.15) is 5.10 Å². The zero-order valence-electron chi connectivity index (χ0n) is 12.5. The fraction of sp³-hybridized carbons (Fsp3) is 0.467. The third kappa shape index (κ3) is 3.76. The molecule has 0 amide bonds. The van der Waals surface area contributed by atoms with Crippen LogP contribution in [0.1, 0.15) is 44.2 Å². The molecule has 0 bridgehead atoms. The average molecular weight is 327 g/mol. The Labute approximate surface area is 135 Å². The molecular formula is C15H20Cl2N4. The van der Waals surface area contributed by atoms with Gasteiger partial charge < -0.3 is 5.32 Å². The summed E-state index contributed by atoms with van der Waals surface area (Å²) in [6.07, 6.45) is 2.28. The Morgan fingerprint density at radius 2 is 1.90 bits per heavy atom. The van der Waals surface area contributed by atoms with E-state index < -0.39 is 0 Å². The van der Waals surface area contributed by atoms with Crippen LogP contribution in [0.3, 0.4) is 0 Å². The van der Waals surface area contributed by atoms with E-state index in [2.05, 4.69) is 36.2 Å². The van der Waals surface area contributed by atoms with E-state index in [9.17, 15) is 0 Å². The fourth-order valence-corrected chi connectivity index (χ4v) is 3.06. The van der Waals surface area contributed by atoms with Crippen molar-refractivity contribution in [2.75, 3.05) is 6.54 Å². The second-order valence-electron chi connectivity index (χ2n) is 5.16. The van der Waals surface area contributed by atoms with Gasteiger partial charge in [-0.05, 0) is 32.5 Å². The van der Waals surface area contributed by atoms with Gasteiger partial charge in [0.1, 0.15) is 12.2 Å². The van der Waals surface area contributed by atoms with E-state index >= 15 is 0 Å². The number of halogens is 2. The third-order valence-electron chi connectivity index (χ3n) is 3.32. The molecule has 0 aliphatic rings. The summed E-state index contributed by atoms with van der Waals surface area (Å²) in [5.74, 6) is 0.923. The molecule has 0 saturated carbocycles. The smallest absolute Gasteiger partial charge is 0.138 e. The van der Waals surface area contributed by atoms with E-state index in [1.54, 1.807) is 6.33 Å². The highest BCUT2D eigenvalue weighted by atomic mass is 35.5. The number of hydrogen-bond acceptors (Lipinski definition) is 3. The minimum Gasteiger partial charge on any atom is -0.310 e. The van der Waals surface area contributed by atoms with E-state index in [1.807, 2.05) is 22.9 Å². The van der Waals surface area contributed by atoms with Crippen molar-refractivity contribution in [1.29, 1.82) is 0 Å². The Balaban J connectivity index is 2.33. The summed E-state index contributed by atoms with van der Waals surface area (Å²) in [6, 6.07) is 5.86. The molecular weight excluding hydrogens is 307 g/mol. The summed E-state index contributed by atoms with van der Waals surface area (Å²) in [5.41, 5.74) is 0.918. The van der Waals surface area contributed by atoms with E-state index in [0.29, 0.717) is 16.5 Å². The average Bonchev–Trinajstić information content (AvgIpc) is 2.87. The molecule has 0 spiro atoms. The summed E-state index contributed by atoms with van der Waals surface area (Å²) in [6.45, 7) is 7.05. The van der Waals surface area contributed by atoms with E-state index in [0.717, 1.165) is 17.9 Å². The second-order valence-corrected chi connectivity index (χ2v) is 5.98. The second kappa shape index (κ2) is 7.25. The number of nitrogens with zero attached hydrogens (tertiary/aromatic N) is 3. The molecule has 1 aromatic carbocycles. The Kier molecular flexibility index (Phi) is 5.62. The third-order valence-corrected chi connectivity index (χ3v) is 3.98. The minimum atomic E-state index is 0.0119. The Morgan fingerprint density at radius 1 is 1.24 bits per heavy atom. The summed E-state index contributed by atoms with van der Waals surface area (Å²) >= 11 is 12.7. The topological polar surface area (TPSA) is 42.7 Å². The SMILES string of the molecule is CCNC(Cc1ncnn1C(C)C)c1c(Cl)cccc1Cl. The van der Waals surface area contributed by atoms with Gasteiger partial charge in [0.05, 0.1) is 0 Å². The Morgan fingerprint density at radius 3 is 2.48 bits per heavy atom. The first kappa shape index (κ1) is 16.3. The van der Waals surface area contributed by atoms with Crippen molar-refractivity contribution in [3.05, 3.63) is 46.0 Å². The summed E-state index contributed by atoms with van der Waals surface area (Å²) in [4.78, 5) is 4.37. The predicted octanol–water partition coefficient (Wildman–Crippen LogP) is 4.06. The maximum atomic E-state index is 6.34. The van der Waals surface area contributed by atoms with Crippen LogP contribution in [-0.2, 0) is 6.42 Å². The standard InChI is InChI=1S/C15H20Cl2N4/c1-4-18-13(15-11(16)6-5-7-12(15)17)8-14-19-9-20-21(14)10(2)3/h5-7,9-10,13,18H,4,8H2,1-3H3. The monoisotopic (exact) mass is 326 g/mol. The molecule has 0 aliphatic heterocycles. The van der Waals surface area contributed by atoms with Crippen LogP contribution < -0.4 is 5.32 Å². The maximum absolute atomic E-state index is 6.34. The van der Waals surface area contributed by atoms with Crippen LogP contribution in [0, 0.1) is 0 Å². The molecule has 1 aromatic heterocycles. The van der Waals surface area contributed by atoms with Crippen molar-refractivity contribution in [3.63, 3.8) is 0 Å². The van der Waals surface area contributed by atoms with Gasteiger partial charge in [-0.3, -0.25) is 0 Å². The number of hydrogen-bond donors (Lipinski definition) is 1. The Hall–Kier alpha value is -1.10. The molecule has 0 fully saturated rings. The lowest BCUT2D eigenvalue weighted by Crippen LogP contribution is -2.25. The first-order chi connectivity index (χ1) is 10.0. The first-order valence-electron chi connectivity index (χ1n) is 7.10. The van der Waals surface area contributed by atoms with Crippen LogP contribution in [0.5, 0.6) is 0 Å². The molecule has 0 radical (unpaired) electrons. The van der Waals surface area contributed by atoms with Crippen LogP contribution in [0.4, 0.5) is 0 Å². The van der Waals surface area contributed by atoms with Gasteiger partial charge in [0.2, 0.25) is 0 Å². The highest BCUT2D eigenvalue weighted by Gasteiger charge is 2.20. The predicted molar refractivity (Wildman–Crippen MR) is 87.0 cm³/mol. The molecule has 2 rings (SSSR count). The van der Waals surface area contributed by atoms with Gasteiger partial charge in [0, 0.05) is 34.1 Å². The van der Waals surface area contributed by atoms with Crippen LogP contribution in [0.25, 0.3) is 0 Å². The van der Waals surface area contributed by atoms with E-state index in [-0.39, 0.29) is 12.1 Å². The van der Waals surface area contributed by atoms with Crippen molar-refractivity contribution in [2.45, 2.75) is 39.3 Å². The largest absolute Gasteiger partial charge is 0.310 e. The van der Waals surface area contributed by atoms with Crippen molar-refractivity contribution in [3.8, 4) is 0 Å². The first-order valence-corrected chi connectivity index (χ1v) is 7.85. The molecule has 6 heteroatoms. The minimum absolute atomic E-state index is 0.0119. The van der Waals surface area contributed by atoms with Crippen LogP contribution in [-0.4, -0.2) is 21.3 Å². The number of benzene rings is 1. The summed E-state index contributed by atoms with van der Waals surface area (Å²) < 4.78 is 1.93. The highest BCUT2D eigenvalue weighted by molar-refractivity contribution is 6.36. The van der Waals surface area contributed by atoms with Crippen molar-refractivity contribution < 1.29 is 0 Å². The lowest BCUT2D eigenvalue weighted by molar-refractivity contribution is 0.469. The summed E-state index contributed by atoms with van der Waals surface area (Å²) in [5, 5.41) is 9.06. The van der Waals surface area contributed by atoms with Crippen LogP contribution in [0.2, 0.25) is 10.0 Å². The van der Waals surface area contributed by atoms with Crippen LogP contribution >= 0.6 is 23.2 Å². The maximum Gasteiger partial charge on any atom is 0.138 e. The molecule has 1 unspecified atom stereocenters. The van der Waals surface area contributed by atoms with Gasteiger partial charge in [-0.25, -0.2) is 9.67 Å². The molecule has 0 aliphatic carbocycles. The van der Waals surface area contributed by atoms with Crippen molar-refractivity contribution in [2.24, 2.45) is 0 Å². The lowest BCUT2D eigenvalue weighted by Gasteiger charge is -2.21. The lowest BCUT2D eigenvalue weighted by atomic mass is 10.0. The van der Waals surface area contributed by atoms with Gasteiger partial charge >= 0.3 is 0 Å². The van der Waals surface area contributed by atoms with Gasteiger partial charge in [-0.15, -0.1) is 0 Å². The number of rotatable bonds is 6. The van der Waals surface area contributed by atoms with Gasteiger partial charge in [0.25, 0.3) is 0 Å². The Bertz CT molecular complexity index is 575. The zero-order valence-corrected chi connectivity index (χ0v) is 14.0. The quantitative estimate of drug-likeness (QED) is 0.870. The van der Waals surface area contributed by atoms with Gasteiger partial charge in [-0.1, -0.05) is 36.2 Å². The van der Waals surface area contributed by atoms with E-state index in [1.165, 1.54) is 0 Å². The van der Waals surface area contributed by atoms with Crippen molar-refractivity contribution in [1.82, 2.24) is 20.1 Å². The molecule has 1 atom stereocenters. The number of aromatic nitrogens is 3. The van der Waals surface area contributed by atoms with Gasteiger partial charge in [0.15, 0.2) is 0 Å². The molecule has 0 saturated heterocycles. The molecule has 4 nitrogen and oxygen atoms in total. The van der Waals surface area contributed by atoms with Crippen LogP contribution in [0.15, 0.2) is 24.5 Å².